The molecule has 0 amide bonds. The number of aliphatic hydroxyl groups is 1. The van der Waals surface area contributed by atoms with E-state index in [4.69, 9.17) is 0 Å². The summed E-state index contributed by atoms with van der Waals surface area (Å²) in [7, 11) is 0. The Balaban J connectivity index is 1.93. The van der Waals surface area contributed by atoms with E-state index in [1.807, 2.05) is 16.8 Å². The molecule has 0 saturated heterocycles. The first kappa shape index (κ1) is 12.6. The monoisotopic (exact) mass is 286 g/mol. The molecule has 0 radical (unpaired) electrons. The van der Waals surface area contributed by atoms with Crippen molar-refractivity contribution in [1.29, 1.82) is 0 Å². The van der Waals surface area contributed by atoms with Crippen LogP contribution in [0.2, 0.25) is 0 Å². The van der Waals surface area contributed by atoms with Crippen LogP contribution in [0.3, 0.4) is 0 Å². The van der Waals surface area contributed by atoms with Crippen LogP contribution in [-0.4, -0.2) is 31.2 Å². The van der Waals surface area contributed by atoms with Gasteiger partial charge in [-0.05, 0) is 31.2 Å². The van der Waals surface area contributed by atoms with Gasteiger partial charge in [0.25, 0.3) is 0 Å². The highest BCUT2D eigenvalue weighted by Crippen LogP contribution is 2.34. The molecule has 0 aromatic carbocycles. The van der Waals surface area contributed by atoms with E-state index in [-0.39, 0.29) is 18.3 Å². The molecule has 3 aromatic heterocycles. The molecule has 21 heavy (non-hydrogen) atoms. The first-order valence-electron chi connectivity index (χ1n) is 7.45. The van der Waals surface area contributed by atoms with Gasteiger partial charge in [-0.2, -0.15) is 0 Å². The van der Waals surface area contributed by atoms with E-state index in [1.165, 1.54) is 0 Å². The Bertz CT molecular complexity index is 844. The van der Waals surface area contributed by atoms with E-state index in [1.54, 1.807) is 6.20 Å². The maximum atomic E-state index is 12.4. The summed E-state index contributed by atoms with van der Waals surface area (Å²) < 4.78 is 1.87. The number of rotatable bonds is 2. The number of nitrogens with zero attached hydrogens (tertiary/aromatic N) is 2. The third kappa shape index (κ3) is 1.90. The lowest BCUT2D eigenvalue weighted by Crippen LogP contribution is -2.28. The maximum Gasteiger partial charge on any atom is 0.326 e. The fraction of sp³-hybridized carbons (Fsp3) is 0.467. The van der Waals surface area contributed by atoms with Gasteiger partial charge in [-0.25, -0.2) is 9.78 Å². The van der Waals surface area contributed by atoms with Gasteiger partial charge in [0.2, 0.25) is 0 Å². The van der Waals surface area contributed by atoms with Crippen LogP contribution >= 0.6 is 0 Å². The number of pyridine rings is 1. The molecule has 1 saturated carbocycles. The third-order valence-corrected chi connectivity index (χ3v) is 4.64. The molecular formula is C15H18N4O2. The molecule has 6 nitrogen and oxygen atoms in total. The zero-order valence-corrected chi connectivity index (χ0v) is 11.7. The maximum absolute atomic E-state index is 12.4. The number of hydrogen-bond acceptors (Lipinski definition) is 3. The number of nitrogens with one attached hydrogen (secondary N) is 2. The van der Waals surface area contributed by atoms with Crippen molar-refractivity contribution in [2.75, 3.05) is 6.61 Å². The molecule has 1 aliphatic carbocycles. The van der Waals surface area contributed by atoms with Gasteiger partial charge in [0.1, 0.15) is 5.65 Å². The van der Waals surface area contributed by atoms with Gasteiger partial charge in [0.15, 0.2) is 0 Å². The van der Waals surface area contributed by atoms with E-state index < -0.39 is 0 Å². The van der Waals surface area contributed by atoms with Crippen LogP contribution in [0.25, 0.3) is 22.1 Å². The summed E-state index contributed by atoms with van der Waals surface area (Å²) in [5, 5.41) is 10.4. The van der Waals surface area contributed by atoms with Crippen molar-refractivity contribution in [2.24, 2.45) is 5.92 Å². The highest BCUT2D eigenvalue weighted by atomic mass is 16.3. The molecule has 0 bridgehead atoms. The van der Waals surface area contributed by atoms with Crippen molar-refractivity contribution >= 4 is 22.1 Å². The average Bonchev–Trinajstić information content (AvgIpc) is 3.09. The summed E-state index contributed by atoms with van der Waals surface area (Å²) in [6.07, 6.45) is 7.49. The summed E-state index contributed by atoms with van der Waals surface area (Å²) >= 11 is 0. The molecule has 110 valence electrons. The topological polar surface area (TPSA) is 86.7 Å². The van der Waals surface area contributed by atoms with Gasteiger partial charge >= 0.3 is 5.69 Å². The van der Waals surface area contributed by atoms with Gasteiger partial charge in [-0.15, -0.1) is 0 Å². The van der Waals surface area contributed by atoms with Crippen LogP contribution in [0.4, 0.5) is 0 Å². The molecule has 2 atom stereocenters. The second-order valence-corrected chi connectivity index (χ2v) is 5.93. The number of imidazole rings is 1. The standard InChI is InChI=1S/C15H18N4O2/c20-8-9-2-1-3-10(6-9)19-13-11-4-5-16-14(11)17-7-12(13)18-15(19)21/h4-5,7,9-10,20H,1-3,6,8H2,(H,16,17)(H,18,21)/t9-,10+/m1/s1. The predicted molar refractivity (Wildman–Crippen MR) is 80.3 cm³/mol. The number of H-pyrrole nitrogens is 2. The zero-order chi connectivity index (χ0) is 14.4. The van der Waals surface area contributed by atoms with Crippen molar-refractivity contribution in [1.82, 2.24) is 19.5 Å². The molecule has 0 unspecified atom stereocenters. The number of aliphatic hydroxyl groups excluding tert-OH is 1. The normalized spacial score (nSPS) is 23.1. The largest absolute Gasteiger partial charge is 0.396 e. The van der Waals surface area contributed by atoms with Crippen molar-refractivity contribution in [3.63, 3.8) is 0 Å². The van der Waals surface area contributed by atoms with Crippen molar-refractivity contribution in [2.45, 2.75) is 31.7 Å². The Kier molecular flexibility index (Phi) is 2.85. The highest BCUT2D eigenvalue weighted by molar-refractivity contribution is 6.00. The lowest BCUT2D eigenvalue weighted by atomic mass is 9.86. The molecule has 1 aliphatic rings. The molecule has 3 aromatic rings. The van der Waals surface area contributed by atoms with Gasteiger partial charge in [0, 0.05) is 24.2 Å². The van der Waals surface area contributed by atoms with Crippen LogP contribution < -0.4 is 5.69 Å². The lowest BCUT2D eigenvalue weighted by molar-refractivity contribution is 0.163. The van der Waals surface area contributed by atoms with Crippen LogP contribution in [0.15, 0.2) is 23.3 Å². The van der Waals surface area contributed by atoms with Crippen molar-refractivity contribution < 1.29 is 5.11 Å². The Morgan fingerprint density at radius 2 is 2.33 bits per heavy atom. The number of fused-ring (bicyclic) bond motifs is 3. The minimum Gasteiger partial charge on any atom is -0.396 e. The van der Waals surface area contributed by atoms with E-state index in [2.05, 4.69) is 15.0 Å². The molecule has 0 spiro atoms. The fourth-order valence-electron chi connectivity index (χ4n) is 3.63. The molecule has 0 aliphatic heterocycles. The van der Waals surface area contributed by atoms with Gasteiger partial charge in [-0.1, -0.05) is 6.42 Å². The Morgan fingerprint density at radius 1 is 1.43 bits per heavy atom. The van der Waals surface area contributed by atoms with Gasteiger partial charge < -0.3 is 15.1 Å². The third-order valence-electron chi connectivity index (χ3n) is 4.64. The van der Waals surface area contributed by atoms with Gasteiger partial charge in [-0.3, -0.25) is 4.57 Å². The second kappa shape index (κ2) is 4.73. The first-order valence-corrected chi connectivity index (χ1v) is 7.45. The van der Waals surface area contributed by atoms with Gasteiger partial charge in [0.05, 0.1) is 17.2 Å². The number of aromatic nitrogens is 4. The number of hydrogen-bond donors (Lipinski definition) is 3. The smallest absolute Gasteiger partial charge is 0.326 e. The minimum atomic E-state index is -0.0795. The van der Waals surface area contributed by atoms with Crippen LogP contribution in [0.1, 0.15) is 31.7 Å². The number of aromatic amines is 2. The second-order valence-electron chi connectivity index (χ2n) is 5.93. The fourth-order valence-corrected chi connectivity index (χ4v) is 3.63. The molecule has 3 N–H and O–H groups in total. The SMILES string of the molecule is O=c1[nH]c2cnc3[nH]ccc3c2n1[C@H]1CCC[C@@H](CO)C1. The Morgan fingerprint density at radius 3 is 3.19 bits per heavy atom. The van der Waals surface area contributed by atoms with Crippen molar-refractivity contribution in [3.05, 3.63) is 28.9 Å². The van der Waals surface area contributed by atoms with E-state index in [0.717, 1.165) is 47.8 Å². The average molecular weight is 286 g/mol. The predicted octanol–water partition coefficient (Wildman–Crippen LogP) is 1.93. The quantitative estimate of drug-likeness (QED) is 0.672. The van der Waals surface area contributed by atoms with Crippen molar-refractivity contribution in [3.8, 4) is 0 Å². The lowest BCUT2D eigenvalue weighted by Gasteiger charge is -2.28. The van der Waals surface area contributed by atoms with E-state index in [9.17, 15) is 9.90 Å². The van der Waals surface area contributed by atoms with Crippen LogP contribution in [0.5, 0.6) is 0 Å². The molecule has 6 heteroatoms. The molecular weight excluding hydrogens is 268 g/mol. The zero-order valence-electron chi connectivity index (χ0n) is 11.7. The summed E-state index contributed by atoms with van der Waals surface area (Å²) in [5.74, 6) is 0.296. The van der Waals surface area contributed by atoms with E-state index in [0.29, 0.717) is 5.92 Å². The summed E-state index contributed by atoms with van der Waals surface area (Å²) in [5.41, 5.74) is 2.42. The van der Waals surface area contributed by atoms with E-state index >= 15 is 0 Å². The van der Waals surface area contributed by atoms with Crippen LogP contribution in [-0.2, 0) is 0 Å². The summed E-state index contributed by atoms with van der Waals surface area (Å²) in [6, 6.07) is 2.11. The summed E-state index contributed by atoms with van der Waals surface area (Å²) in [4.78, 5) is 22.7. The Labute approximate surface area is 120 Å². The summed E-state index contributed by atoms with van der Waals surface area (Å²) in [6.45, 7) is 0.203. The molecule has 3 heterocycles. The first-order chi connectivity index (χ1) is 10.3. The molecule has 1 fully saturated rings. The Hall–Kier alpha value is -2.08. The minimum absolute atomic E-state index is 0.0795. The van der Waals surface area contributed by atoms with Crippen LogP contribution in [0, 0.1) is 5.92 Å². The molecule has 4 rings (SSSR count). The highest BCUT2D eigenvalue weighted by Gasteiger charge is 2.26.